The van der Waals surface area contributed by atoms with Crippen LogP contribution in [0.4, 0.5) is 0 Å². The molecule has 0 amide bonds. The van der Waals surface area contributed by atoms with Crippen LogP contribution in [-0.4, -0.2) is 18.8 Å². The van der Waals surface area contributed by atoms with E-state index in [1.165, 1.54) is 10.4 Å². The van der Waals surface area contributed by atoms with Crippen molar-refractivity contribution in [3.63, 3.8) is 0 Å². The number of aliphatic hydroxyl groups excluding tert-OH is 1. The molecule has 0 radical (unpaired) electrons. The Bertz CT molecular complexity index is 536. The summed E-state index contributed by atoms with van der Waals surface area (Å²) in [6.45, 7) is 4.77. The Balaban J connectivity index is 1.91. The number of benzene rings is 1. The molecule has 0 bridgehead atoms. The Labute approximate surface area is 124 Å². The van der Waals surface area contributed by atoms with E-state index in [0.717, 1.165) is 11.3 Å². The van der Waals surface area contributed by atoms with Crippen molar-refractivity contribution >= 4 is 11.3 Å². The molecule has 0 saturated carbocycles. The van der Waals surface area contributed by atoms with Gasteiger partial charge in [-0.25, -0.2) is 0 Å². The predicted molar refractivity (Wildman–Crippen MR) is 83.4 cm³/mol. The van der Waals surface area contributed by atoms with E-state index in [0.29, 0.717) is 6.54 Å². The van der Waals surface area contributed by atoms with Gasteiger partial charge in [0.25, 0.3) is 0 Å². The van der Waals surface area contributed by atoms with Crippen LogP contribution in [0.15, 0.2) is 35.7 Å². The van der Waals surface area contributed by atoms with E-state index in [1.54, 1.807) is 18.4 Å². The molecule has 1 aromatic heterocycles. The SMILES string of the molecule is COc1ccc(C(O)CNC(C)c2sccc2C)cc1. The molecule has 0 aliphatic carbocycles. The summed E-state index contributed by atoms with van der Waals surface area (Å²) in [6.07, 6.45) is -0.511. The monoisotopic (exact) mass is 291 g/mol. The number of nitrogens with one attached hydrogen (secondary N) is 1. The van der Waals surface area contributed by atoms with Gasteiger partial charge in [-0.3, -0.25) is 0 Å². The van der Waals surface area contributed by atoms with Crippen LogP contribution >= 0.6 is 11.3 Å². The zero-order valence-corrected chi connectivity index (χ0v) is 12.9. The first-order valence-electron chi connectivity index (χ1n) is 6.71. The Kier molecular flexibility index (Phi) is 5.17. The predicted octanol–water partition coefficient (Wildman–Crippen LogP) is 3.45. The van der Waals surface area contributed by atoms with Crippen molar-refractivity contribution < 1.29 is 9.84 Å². The molecule has 0 spiro atoms. The number of aliphatic hydroxyl groups is 1. The highest BCUT2D eigenvalue weighted by Crippen LogP contribution is 2.24. The molecule has 0 aliphatic rings. The van der Waals surface area contributed by atoms with Crippen LogP contribution in [0.1, 0.15) is 35.1 Å². The maximum absolute atomic E-state index is 10.2. The highest BCUT2D eigenvalue weighted by molar-refractivity contribution is 7.10. The number of ether oxygens (including phenoxy) is 1. The molecular weight excluding hydrogens is 270 g/mol. The first-order valence-corrected chi connectivity index (χ1v) is 7.59. The van der Waals surface area contributed by atoms with Gasteiger partial charge in [0.05, 0.1) is 13.2 Å². The third kappa shape index (κ3) is 3.60. The standard InChI is InChI=1S/C16H21NO2S/c1-11-8-9-20-16(11)12(2)17-10-15(18)13-4-6-14(19-3)7-5-13/h4-9,12,15,17-18H,10H2,1-3H3. The van der Waals surface area contributed by atoms with Gasteiger partial charge in [-0.15, -0.1) is 11.3 Å². The Morgan fingerprint density at radius 1 is 1.25 bits per heavy atom. The second kappa shape index (κ2) is 6.88. The van der Waals surface area contributed by atoms with Crippen molar-refractivity contribution in [3.05, 3.63) is 51.7 Å². The van der Waals surface area contributed by atoms with E-state index >= 15 is 0 Å². The molecule has 20 heavy (non-hydrogen) atoms. The van der Waals surface area contributed by atoms with Gasteiger partial charge in [-0.1, -0.05) is 12.1 Å². The summed E-state index contributed by atoms with van der Waals surface area (Å²) in [7, 11) is 1.64. The van der Waals surface area contributed by atoms with Crippen LogP contribution in [0.2, 0.25) is 0 Å². The lowest BCUT2D eigenvalue weighted by Gasteiger charge is -2.17. The third-order valence-electron chi connectivity index (χ3n) is 3.41. The Hall–Kier alpha value is -1.36. The average molecular weight is 291 g/mol. The summed E-state index contributed by atoms with van der Waals surface area (Å²) >= 11 is 1.75. The van der Waals surface area contributed by atoms with Gasteiger partial charge >= 0.3 is 0 Å². The van der Waals surface area contributed by atoms with Crippen molar-refractivity contribution in [1.82, 2.24) is 5.32 Å². The van der Waals surface area contributed by atoms with Gasteiger partial charge < -0.3 is 15.2 Å². The number of hydrogen-bond acceptors (Lipinski definition) is 4. The summed E-state index contributed by atoms with van der Waals surface area (Å²) in [5.74, 6) is 0.802. The number of thiophene rings is 1. The summed E-state index contributed by atoms with van der Waals surface area (Å²) in [4.78, 5) is 1.33. The fourth-order valence-electron chi connectivity index (χ4n) is 2.15. The number of aryl methyl sites for hydroxylation is 1. The summed E-state index contributed by atoms with van der Waals surface area (Å²) in [5.41, 5.74) is 2.20. The first kappa shape index (κ1) is 15.0. The summed E-state index contributed by atoms with van der Waals surface area (Å²) in [6, 6.07) is 9.90. The molecule has 0 saturated heterocycles. The lowest BCUT2D eigenvalue weighted by molar-refractivity contribution is 0.171. The molecule has 2 unspecified atom stereocenters. The summed E-state index contributed by atoms with van der Waals surface area (Å²) in [5, 5.41) is 15.7. The van der Waals surface area contributed by atoms with E-state index < -0.39 is 6.10 Å². The minimum absolute atomic E-state index is 0.253. The van der Waals surface area contributed by atoms with Crippen LogP contribution < -0.4 is 10.1 Å². The molecular formula is C16H21NO2S. The second-order valence-corrected chi connectivity index (χ2v) is 5.83. The van der Waals surface area contributed by atoms with Gasteiger partial charge in [0.15, 0.2) is 0 Å². The van der Waals surface area contributed by atoms with Gasteiger partial charge in [0.1, 0.15) is 5.75 Å². The topological polar surface area (TPSA) is 41.5 Å². The van der Waals surface area contributed by atoms with Gasteiger partial charge in [-0.2, -0.15) is 0 Å². The molecule has 1 heterocycles. The molecule has 0 fully saturated rings. The molecule has 2 aromatic rings. The largest absolute Gasteiger partial charge is 0.497 e. The van der Waals surface area contributed by atoms with E-state index in [2.05, 4.69) is 30.6 Å². The summed E-state index contributed by atoms with van der Waals surface area (Å²) < 4.78 is 5.11. The lowest BCUT2D eigenvalue weighted by Crippen LogP contribution is -2.24. The third-order valence-corrected chi connectivity index (χ3v) is 4.61. The van der Waals surface area contributed by atoms with Crippen molar-refractivity contribution in [2.24, 2.45) is 0 Å². The van der Waals surface area contributed by atoms with E-state index in [1.807, 2.05) is 24.3 Å². The zero-order valence-electron chi connectivity index (χ0n) is 12.1. The average Bonchev–Trinajstić information content (AvgIpc) is 2.90. The molecule has 4 heteroatoms. The molecule has 2 rings (SSSR count). The van der Waals surface area contributed by atoms with E-state index in [4.69, 9.17) is 4.74 Å². The minimum atomic E-state index is -0.511. The van der Waals surface area contributed by atoms with Crippen LogP contribution in [-0.2, 0) is 0 Å². The van der Waals surface area contributed by atoms with Gasteiger partial charge in [0.2, 0.25) is 0 Å². The number of rotatable bonds is 6. The van der Waals surface area contributed by atoms with Gasteiger partial charge in [0, 0.05) is 17.5 Å². The van der Waals surface area contributed by atoms with Crippen molar-refractivity contribution in [2.75, 3.05) is 13.7 Å². The normalized spacial score (nSPS) is 14.0. The first-order chi connectivity index (χ1) is 9.61. The van der Waals surface area contributed by atoms with Crippen LogP contribution in [0.5, 0.6) is 5.75 Å². The van der Waals surface area contributed by atoms with Crippen LogP contribution in [0.25, 0.3) is 0 Å². The zero-order chi connectivity index (χ0) is 14.5. The molecule has 108 valence electrons. The van der Waals surface area contributed by atoms with Crippen molar-refractivity contribution in [3.8, 4) is 5.75 Å². The Morgan fingerprint density at radius 2 is 1.95 bits per heavy atom. The Morgan fingerprint density at radius 3 is 2.50 bits per heavy atom. The fraction of sp³-hybridized carbons (Fsp3) is 0.375. The number of methoxy groups -OCH3 is 1. The molecule has 1 aromatic carbocycles. The fourth-order valence-corrected chi connectivity index (χ4v) is 3.11. The minimum Gasteiger partial charge on any atom is -0.497 e. The van der Waals surface area contributed by atoms with Crippen molar-refractivity contribution in [1.29, 1.82) is 0 Å². The molecule has 3 nitrogen and oxygen atoms in total. The van der Waals surface area contributed by atoms with E-state index in [9.17, 15) is 5.11 Å². The molecule has 2 atom stereocenters. The highest BCUT2D eigenvalue weighted by atomic mass is 32.1. The maximum Gasteiger partial charge on any atom is 0.118 e. The second-order valence-electron chi connectivity index (χ2n) is 4.89. The van der Waals surface area contributed by atoms with Crippen LogP contribution in [0, 0.1) is 6.92 Å². The maximum atomic E-state index is 10.2. The highest BCUT2D eigenvalue weighted by Gasteiger charge is 2.13. The van der Waals surface area contributed by atoms with Crippen LogP contribution in [0.3, 0.4) is 0 Å². The van der Waals surface area contributed by atoms with Crippen molar-refractivity contribution in [2.45, 2.75) is 26.0 Å². The van der Waals surface area contributed by atoms with Gasteiger partial charge in [-0.05, 0) is 48.6 Å². The molecule has 2 N–H and O–H groups in total. The quantitative estimate of drug-likeness (QED) is 0.856. The number of hydrogen-bond donors (Lipinski definition) is 2. The lowest BCUT2D eigenvalue weighted by atomic mass is 10.1. The molecule has 0 aliphatic heterocycles. The van der Waals surface area contributed by atoms with E-state index in [-0.39, 0.29) is 6.04 Å². The smallest absolute Gasteiger partial charge is 0.118 e.